The fourth-order valence-electron chi connectivity index (χ4n) is 3.38. The highest BCUT2D eigenvalue weighted by Gasteiger charge is 2.31. The Morgan fingerprint density at radius 1 is 1.07 bits per heavy atom. The van der Waals surface area contributed by atoms with Gasteiger partial charge in [0.15, 0.2) is 0 Å². The summed E-state index contributed by atoms with van der Waals surface area (Å²) in [6.45, 7) is 2.02. The van der Waals surface area contributed by atoms with E-state index in [0.29, 0.717) is 5.56 Å². The van der Waals surface area contributed by atoms with Gasteiger partial charge in [-0.05, 0) is 30.2 Å². The van der Waals surface area contributed by atoms with Crippen LogP contribution >= 0.6 is 11.3 Å². The van der Waals surface area contributed by atoms with Crippen molar-refractivity contribution in [3.8, 4) is 10.6 Å². The number of sulfonamides is 1. The zero-order valence-corrected chi connectivity index (χ0v) is 17.5. The SMILES string of the molecule is Cc1ccc2nc(-c3ccc(C(c4ccccc4[N+](=O)[O-])S(N)(=O)=O)cc3)sc2c1. The third-order valence-corrected chi connectivity index (χ3v) is 7.00. The van der Waals surface area contributed by atoms with Gasteiger partial charge in [-0.2, -0.15) is 0 Å². The first-order valence-electron chi connectivity index (χ1n) is 8.96. The molecule has 0 aliphatic rings. The van der Waals surface area contributed by atoms with Crippen molar-refractivity contribution in [2.75, 3.05) is 0 Å². The van der Waals surface area contributed by atoms with Crippen molar-refractivity contribution >= 4 is 37.3 Å². The maximum absolute atomic E-state index is 12.4. The monoisotopic (exact) mass is 439 g/mol. The molecule has 152 valence electrons. The number of fused-ring (bicyclic) bond motifs is 1. The number of nitro benzene ring substituents is 1. The Hall–Kier alpha value is -3.14. The highest BCUT2D eigenvalue weighted by atomic mass is 32.2. The Balaban J connectivity index is 1.78. The summed E-state index contributed by atoms with van der Waals surface area (Å²) in [5.74, 6) is 0. The zero-order valence-electron chi connectivity index (χ0n) is 15.8. The number of aryl methyl sites for hydroxylation is 1. The van der Waals surface area contributed by atoms with Gasteiger partial charge in [0, 0.05) is 11.6 Å². The van der Waals surface area contributed by atoms with Crippen LogP contribution in [-0.2, 0) is 10.0 Å². The maximum Gasteiger partial charge on any atom is 0.274 e. The molecule has 0 amide bonds. The van der Waals surface area contributed by atoms with Gasteiger partial charge in [-0.15, -0.1) is 11.3 Å². The first-order valence-corrected chi connectivity index (χ1v) is 11.4. The number of rotatable bonds is 5. The zero-order chi connectivity index (χ0) is 21.5. The van der Waals surface area contributed by atoms with Crippen LogP contribution in [0.25, 0.3) is 20.8 Å². The minimum absolute atomic E-state index is 0.0354. The summed E-state index contributed by atoms with van der Waals surface area (Å²) in [6, 6.07) is 18.5. The van der Waals surface area contributed by atoms with E-state index >= 15 is 0 Å². The summed E-state index contributed by atoms with van der Waals surface area (Å²) in [6.07, 6.45) is 0. The molecule has 7 nitrogen and oxygen atoms in total. The molecule has 2 N–H and O–H groups in total. The van der Waals surface area contributed by atoms with Crippen molar-refractivity contribution in [1.29, 1.82) is 0 Å². The minimum atomic E-state index is -4.15. The van der Waals surface area contributed by atoms with Crippen LogP contribution in [0.4, 0.5) is 5.69 Å². The number of hydrogen-bond acceptors (Lipinski definition) is 6. The van der Waals surface area contributed by atoms with Crippen molar-refractivity contribution < 1.29 is 13.3 Å². The number of para-hydroxylation sites is 1. The average Bonchev–Trinajstić information content (AvgIpc) is 3.11. The molecule has 3 aromatic carbocycles. The molecule has 9 heteroatoms. The number of nitrogens with two attached hydrogens (primary N) is 1. The van der Waals surface area contributed by atoms with E-state index in [4.69, 9.17) is 5.14 Å². The largest absolute Gasteiger partial charge is 0.274 e. The van der Waals surface area contributed by atoms with Gasteiger partial charge in [-0.3, -0.25) is 10.1 Å². The van der Waals surface area contributed by atoms with Crippen molar-refractivity contribution in [2.45, 2.75) is 12.2 Å². The number of hydrogen-bond donors (Lipinski definition) is 1. The Morgan fingerprint density at radius 3 is 2.43 bits per heavy atom. The molecule has 0 aliphatic carbocycles. The van der Waals surface area contributed by atoms with E-state index in [1.54, 1.807) is 41.7 Å². The molecule has 0 bridgehead atoms. The standard InChI is InChI=1S/C21H17N3O4S2/c1-13-6-11-17-19(12-13)29-21(23-17)15-9-7-14(8-10-15)20(30(22,27)28)16-4-2-3-5-18(16)24(25)26/h2-12,20H,1H3,(H2,22,27,28). The molecular formula is C21H17N3O4S2. The van der Waals surface area contributed by atoms with Gasteiger partial charge in [0.25, 0.3) is 5.69 Å². The van der Waals surface area contributed by atoms with Gasteiger partial charge in [-0.1, -0.05) is 48.5 Å². The number of nitrogens with zero attached hydrogens (tertiary/aromatic N) is 2. The molecule has 0 saturated carbocycles. The van der Waals surface area contributed by atoms with Crippen molar-refractivity contribution in [3.63, 3.8) is 0 Å². The molecule has 1 unspecified atom stereocenters. The summed E-state index contributed by atoms with van der Waals surface area (Å²) < 4.78 is 25.8. The topological polar surface area (TPSA) is 116 Å². The van der Waals surface area contributed by atoms with Crippen LogP contribution in [0.2, 0.25) is 0 Å². The van der Waals surface area contributed by atoms with Gasteiger partial charge in [0.2, 0.25) is 10.0 Å². The van der Waals surface area contributed by atoms with Crippen molar-refractivity contribution in [1.82, 2.24) is 4.98 Å². The number of aromatic nitrogens is 1. The summed E-state index contributed by atoms with van der Waals surface area (Å²) >= 11 is 1.54. The average molecular weight is 440 g/mol. The fraction of sp³-hybridized carbons (Fsp3) is 0.0952. The molecule has 1 heterocycles. The number of nitro groups is 1. The Bertz CT molecular complexity index is 1360. The molecule has 1 atom stereocenters. The molecular weight excluding hydrogens is 422 g/mol. The smallest absolute Gasteiger partial charge is 0.258 e. The molecule has 0 saturated heterocycles. The lowest BCUT2D eigenvalue weighted by atomic mass is 10.0. The summed E-state index contributed by atoms with van der Waals surface area (Å²) in [5.41, 5.74) is 2.97. The van der Waals surface area contributed by atoms with Gasteiger partial charge in [-0.25, -0.2) is 18.5 Å². The van der Waals surface area contributed by atoms with Crippen LogP contribution in [0.1, 0.15) is 21.9 Å². The number of primary sulfonamides is 1. The van der Waals surface area contributed by atoms with Gasteiger partial charge < -0.3 is 0 Å². The van der Waals surface area contributed by atoms with E-state index in [1.165, 1.54) is 18.2 Å². The van der Waals surface area contributed by atoms with Crippen LogP contribution < -0.4 is 5.14 Å². The van der Waals surface area contributed by atoms with E-state index in [1.807, 2.05) is 19.1 Å². The third-order valence-electron chi connectivity index (χ3n) is 4.75. The van der Waals surface area contributed by atoms with Gasteiger partial charge >= 0.3 is 0 Å². The second kappa shape index (κ2) is 7.60. The summed E-state index contributed by atoms with van der Waals surface area (Å²) in [5, 5.41) is 16.3. The van der Waals surface area contributed by atoms with Crippen LogP contribution in [0.15, 0.2) is 66.7 Å². The van der Waals surface area contributed by atoms with E-state index in [-0.39, 0.29) is 11.3 Å². The van der Waals surface area contributed by atoms with Crippen molar-refractivity contribution in [3.05, 3.63) is 93.5 Å². The predicted octanol–water partition coefficient (Wildman–Crippen LogP) is 4.56. The Morgan fingerprint density at radius 2 is 1.77 bits per heavy atom. The highest BCUT2D eigenvalue weighted by molar-refractivity contribution is 7.89. The van der Waals surface area contributed by atoms with E-state index in [0.717, 1.165) is 26.4 Å². The molecule has 4 aromatic rings. The Kier molecular flexibility index (Phi) is 5.10. The second-order valence-electron chi connectivity index (χ2n) is 6.90. The molecule has 0 fully saturated rings. The lowest BCUT2D eigenvalue weighted by Gasteiger charge is -2.16. The number of thiazole rings is 1. The van der Waals surface area contributed by atoms with E-state index in [9.17, 15) is 18.5 Å². The minimum Gasteiger partial charge on any atom is -0.258 e. The lowest BCUT2D eigenvalue weighted by Crippen LogP contribution is -2.23. The van der Waals surface area contributed by atoms with Crippen LogP contribution in [0.3, 0.4) is 0 Å². The van der Waals surface area contributed by atoms with Crippen LogP contribution in [-0.4, -0.2) is 18.3 Å². The summed E-state index contributed by atoms with van der Waals surface area (Å²) in [7, 11) is -4.15. The molecule has 0 spiro atoms. The normalized spacial score (nSPS) is 12.7. The third kappa shape index (κ3) is 3.82. The predicted molar refractivity (Wildman–Crippen MR) is 118 cm³/mol. The molecule has 0 radical (unpaired) electrons. The van der Waals surface area contributed by atoms with Crippen molar-refractivity contribution in [2.24, 2.45) is 5.14 Å². The highest BCUT2D eigenvalue weighted by Crippen LogP contribution is 2.36. The Labute approximate surface area is 177 Å². The summed E-state index contributed by atoms with van der Waals surface area (Å²) in [4.78, 5) is 15.4. The molecule has 0 aliphatic heterocycles. The quantitative estimate of drug-likeness (QED) is 0.361. The van der Waals surface area contributed by atoms with E-state index < -0.39 is 20.2 Å². The maximum atomic E-state index is 12.4. The lowest BCUT2D eigenvalue weighted by molar-refractivity contribution is -0.385. The van der Waals surface area contributed by atoms with Gasteiger partial charge in [0.05, 0.1) is 20.7 Å². The molecule has 1 aromatic heterocycles. The first kappa shape index (κ1) is 20.1. The van der Waals surface area contributed by atoms with Crippen LogP contribution in [0.5, 0.6) is 0 Å². The molecule has 4 rings (SSSR count). The first-order chi connectivity index (χ1) is 14.2. The fourth-order valence-corrected chi connectivity index (χ4v) is 5.54. The van der Waals surface area contributed by atoms with E-state index in [2.05, 4.69) is 11.1 Å². The van der Waals surface area contributed by atoms with Crippen LogP contribution in [0, 0.1) is 17.0 Å². The molecule has 30 heavy (non-hydrogen) atoms. The second-order valence-corrected chi connectivity index (χ2v) is 9.58. The number of benzene rings is 3. The van der Waals surface area contributed by atoms with Gasteiger partial charge in [0.1, 0.15) is 10.3 Å².